The Balaban J connectivity index is 2.70. The monoisotopic (exact) mass is 357 g/mol. The van der Waals surface area contributed by atoms with Crippen molar-refractivity contribution in [2.75, 3.05) is 13.2 Å². The maximum Gasteiger partial charge on any atom is 0.126 e. The third-order valence-corrected chi connectivity index (χ3v) is 3.34. The maximum absolute atomic E-state index is 5.96. The van der Waals surface area contributed by atoms with Gasteiger partial charge < -0.3 is 14.8 Å². The van der Waals surface area contributed by atoms with E-state index in [0.29, 0.717) is 19.3 Å². The number of halogens is 1. The van der Waals surface area contributed by atoms with Gasteiger partial charge in [0.25, 0.3) is 0 Å². The molecule has 0 unspecified atom stereocenters. The number of hydrogen-bond acceptors (Lipinski definition) is 3. The van der Waals surface area contributed by atoms with Crippen LogP contribution in [0.15, 0.2) is 16.6 Å². The Labute approximate surface area is 137 Å². The minimum Gasteiger partial charge on any atom is -0.491 e. The minimum absolute atomic E-state index is 0.125. The van der Waals surface area contributed by atoms with Crippen LogP contribution in [-0.2, 0) is 11.3 Å². The van der Waals surface area contributed by atoms with Crippen molar-refractivity contribution in [2.45, 2.75) is 59.7 Å². The third kappa shape index (κ3) is 7.30. The molecule has 0 radical (unpaired) electrons. The molecule has 1 aromatic rings. The van der Waals surface area contributed by atoms with E-state index in [1.807, 2.05) is 0 Å². The van der Waals surface area contributed by atoms with E-state index in [2.05, 4.69) is 74.9 Å². The Morgan fingerprint density at radius 1 is 1.19 bits per heavy atom. The predicted octanol–water partition coefficient (Wildman–Crippen LogP) is 4.45. The van der Waals surface area contributed by atoms with Crippen molar-refractivity contribution in [3.8, 4) is 5.75 Å². The van der Waals surface area contributed by atoms with Gasteiger partial charge >= 0.3 is 0 Å². The van der Waals surface area contributed by atoms with Crippen molar-refractivity contribution in [3.05, 3.63) is 27.7 Å². The lowest BCUT2D eigenvalue weighted by Gasteiger charge is -2.21. The van der Waals surface area contributed by atoms with E-state index in [0.717, 1.165) is 22.3 Å². The predicted molar refractivity (Wildman–Crippen MR) is 92.1 cm³/mol. The van der Waals surface area contributed by atoms with Crippen LogP contribution in [0.2, 0.25) is 0 Å². The zero-order valence-corrected chi connectivity index (χ0v) is 15.6. The fourth-order valence-corrected chi connectivity index (χ4v) is 2.56. The van der Waals surface area contributed by atoms with Crippen LogP contribution in [0, 0.1) is 6.92 Å². The summed E-state index contributed by atoms with van der Waals surface area (Å²) in [6, 6.07) is 4.64. The van der Waals surface area contributed by atoms with E-state index in [4.69, 9.17) is 9.47 Å². The molecule has 0 saturated heterocycles. The average Bonchev–Trinajstić information content (AvgIpc) is 2.32. The second kappa shape index (κ2) is 8.16. The highest BCUT2D eigenvalue weighted by Crippen LogP contribution is 2.28. The molecule has 0 aliphatic carbocycles. The summed E-state index contributed by atoms with van der Waals surface area (Å²) < 4.78 is 12.7. The van der Waals surface area contributed by atoms with Crippen LogP contribution in [0.1, 0.15) is 45.7 Å². The van der Waals surface area contributed by atoms with E-state index in [-0.39, 0.29) is 5.60 Å². The molecule has 0 saturated carbocycles. The Hall–Kier alpha value is -0.580. The molecule has 1 aromatic carbocycles. The van der Waals surface area contributed by atoms with Gasteiger partial charge in [-0.05, 0) is 45.4 Å². The van der Waals surface area contributed by atoms with Gasteiger partial charge in [-0.15, -0.1) is 0 Å². The van der Waals surface area contributed by atoms with Crippen molar-refractivity contribution in [2.24, 2.45) is 0 Å². The van der Waals surface area contributed by atoms with Gasteiger partial charge in [0.2, 0.25) is 0 Å². The lowest BCUT2D eigenvalue weighted by atomic mass is 10.1. The summed E-state index contributed by atoms with van der Waals surface area (Å²) in [5.74, 6) is 0.962. The molecule has 4 heteroatoms. The van der Waals surface area contributed by atoms with Gasteiger partial charge in [0.05, 0.1) is 12.2 Å². The first-order chi connectivity index (χ1) is 9.69. The SMILES string of the molecule is Cc1cc(Br)cc(CNC(C)C)c1OCCOC(C)(C)C. The topological polar surface area (TPSA) is 30.5 Å². The fourth-order valence-electron chi connectivity index (χ4n) is 1.94. The standard InChI is InChI=1S/C17H28BrNO2/c1-12(2)19-11-14-10-15(18)9-13(3)16(14)20-7-8-21-17(4,5)6/h9-10,12,19H,7-8,11H2,1-6H3. The molecule has 0 aliphatic rings. The summed E-state index contributed by atoms with van der Waals surface area (Å²) in [6.07, 6.45) is 0. The Bertz CT molecular complexity index is 453. The van der Waals surface area contributed by atoms with E-state index >= 15 is 0 Å². The van der Waals surface area contributed by atoms with Crippen LogP contribution in [0.3, 0.4) is 0 Å². The largest absolute Gasteiger partial charge is 0.491 e. The Morgan fingerprint density at radius 2 is 1.86 bits per heavy atom. The summed E-state index contributed by atoms with van der Waals surface area (Å²) in [5.41, 5.74) is 2.19. The number of nitrogens with one attached hydrogen (secondary N) is 1. The molecule has 1 rings (SSSR count). The third-order valence-electron chi connectivity index (χ3n) is 2.88. The number of rotatable bonds is 7. The second-order valence-corrected chi connectivity index (χ2v) is 7.47. The van der Waals surface area contributed by atoms with Crippen LogP contribution < -0.4 is 10.1 Å². The Kier molecular flexibility index (Phi) is 7.17. The van der Waals surface area contributed by atoms with E-state index in [1.54, 1.807) is 0 Å². The van der Waals surface area contributed by atoms with Crippen molar-refractivity contribution < 1.29 is 9.47 Å². The van der Waals surface area contributed by atoms with Crippen molar-refractivity contribution in [1.29, 1.82) is 0 Å². The zero-order valence-electron chi connectivity index (χ0n) is 14.0. The van der Waals surface area contributed by atoms with Crippen molar-refractivity contribution in [1.82, 2.24) is 5.32 Å². The molecule has 0 heterocycles. The number of benzene rings is 1. The number of aryl methyl sites for hydroxylation is 1. The summed E-state index contributed by atoms with van der Waals surface area (Å²) in [6.45, 7) is 14.5. The van der Waals surface area contributed by atoms with E-state index in [9.17, 15) is 0 Å². The van der Waals surface area contributed by atoms with Crippen LogP contribution >= 0.6 is 15.9 Å². The highest BCUT2D eigenvalue weighted by molar-refractivity contribution is 9.10. The van der Waals surface area contributed by atoms with Gasteiger partial charge in [0.15, 0.2) is 0 Å². The minimum atomic E-state index is -0.125. The smallest absolute Gasteiger partial charge is 0.126 e. The quantitative estimate of drug-likeness (QED) is 0.731. The summed E-state index contributed by atoms with van der Waals surface area (Å²) >= 11 is 3.55. The van der Waals surface area contributed by atoms with Crippen LogP contribution in [0.4, 0.5) is 0 Å². The van der Waals surface area contributed by atoms with Gasteiger partial charge in [-0.25, -0.2) is 0 Å². The molecule has 1 N–H and O–H groups in total. The molecule has 21 heavy (non-hydrogen) atoms. The lowest BCUT2D eigenvalue weighted by Crippen LogP contribution is -2.24. The molecule has 0 atom stereocenters. The van der Waals surface area contributed by atoms with Crippen LogP contribution in [0.5, 0.6) is 5.75 Å². The summed E-state index contributed by atoms with van der Waals surface area (Å²) in [5, 5.41) is 3.44. The van der Waals surface area contributed by atoms with E-state index < -0.39 is 0 Å². The first kappa shape index (κ1) is 18.5. The lowest BCUT2D eigenvalue weighted by molar-refractivity contribution is -0.0164. The zero-order chi connectivity index (χ0) is 16.0. The molecule has 0 amide bonds. The maximum atomic E-state index is 5.96. The van der Waals surface area contributed by atoms with Crippen molar-refractivity contribution >= 4 is 15.9 Å². The Morgan fingerprint density at radius 3 is 2.43 bits per heavy atom. The molecule has 3 nitrogen and oxygen atoms in total. The van der Waals surface area contributed by atoms with Gasteiger partial charge in [-0.1, -0.05) is 29.8 Å². The van der Waals surface area contributed by atoms with Gasteiger partial charge in [-0.2, -0.15) is 0 Å². The molecular weight excluding hydrogens is 330 g/mol. The van der Waals surface area contributed by atoms with Crippen molar-refractivity contribution in [3.63, 3.8) is 0 Å². The molecular formula is C17H28BrNO2. The summed E-state index contributed by atoms with van der Waals surface area (Å²) in [7, 11) is 0. The molecule has 0 fully saturated rings. The van der Waals surface area contributed by atoms with Crippen LogP contribution in [-0.4, -0.2) is 24.9 Å². The first-order valence-electron chi connectivity index (χ1n) is 7.48. The average molecular weight is 358 g/mol. The van der Waals surface area contributed by atoms with Gasteiger partial charge in [0.1, 0.15) is 12.4 Å². The number of hydrogen-bond donors (Lipinski definition) is 1. The fraction of sp³-hybridized carbons (Fsp3) is 0.647. The van der Waals surface area contributed by atoms with Crippen LogP contribution in [0.25, 0.3) is 0 Å². The molecule has 120 valence electrons. The molecule has 0 aromatic heterocycles. The van der Waals surface area contributed by atoms with Gasteiger partial charge in [0, 0.05) is 22.6 Å². The second-order valence-electron chi connectivity index (χ2n) is 6.56. The first-order valence-corrected chi connectivity index (χ1v) is 8.27. The molecule has 0 aliphatic heterocycles. The summed E-state index contributed by atoms with van der Waals surface area (Å²) in [4.78, 5) is 0. The number of ether oxygens (including phenoxy) is 2. The van der Waals surface area contributed by atoms with Gasteiger partial charge in [-0.3, -0.25) is 0 Å². The van der Waals surface area contributed by atoms with E-state index in [1.165, 1.54) is 5.56 Å². The highest BCUT2D eigenvalue weighted by atomic mass is 79.9. The molecule has 0 spiro atoms. The normalized spacial score (nSPS) is 12.0. The highest BCUT2D eigenvalue weighted by Gasteiger charge is 2.12. The molecule has 0 bridgehead atoms.